The Morgan fingerprint density at radius 3 is 2.33 bits per heavy atom. The molecule has 0 heterocycles. The predicted molar refractivity (Wildman–Crippen MR) is 46.5 cm³/mol. The lowest BCUT2D eigenvalue weighted by Crippen LogP contribution is -2.34. The molecular formula is C9H14NO2+. The summed E-state index contributed by atoms with van der Waals surface area (Å²) in [7, 11) is 5.90. The molecule has 3 nitrogen and oxygen atoms in total. The minimum Gasteiger partial charge on any atom is -0.477 e. The average Bonchev–Trinajstić information content (AvgIpc) is 2.30. The van der Waals surface area contributed by atoms with Crippen molar-refractivity contribution < 1.29 is 14.4 Å². The Labute approximate surface area is 72.2 Å². The predicted octanol–water partition coefficient (Wildman–Crippen LogP) is 0.991. The first-order valence-corrected chi connectivity index (χ1v) is 3.89. The van der Waals surface area contributed by atoms with Gasteiger partial charge in [0.1, 0.15) is 11.3 Å². The molecule has 1 rings (SSSR count). The molecule has 3 heteroatoms. The smallest absolute Gasteiger partial charge is 0.341 e. The number of allylic oxidation sites excluding steroid dienone is 2. The Kier molecular flexibility index (Phi) is 2.06. The number of carbonyl (C=O) groups is 1. The lowest BCUT2D eigenvalue weighted by molar-refractivity contribution is -0.828. The number of aliphatic carboxylic acids is 1. The van der Waals surface area contributed by atoms with E-state index in [1.165, 1.54) is 0 Å². The van der Waals surface area contributed by atoms with Crippen molar-refractivity contribution in [3.8, 4) is 0 Å². The van der Waals surface area contributed by atoms with Gasteiger partial charge in [0.05, 0.1) is 21.1 Å². The molecule has 66 valence electrons. The largest absolute Gasteiger partial charge is 0.477 e. The summed E-state index contributed by atoms with van der Waals surface area (Å²) >= 11 is 0. The van der Waals surface area contributed by atoms with E-state index in [1.54, 1.807) is 6.08 Å². The minimum absolute atomic E-state index is 0.447. The number of nitrogens with zero attached hydrogens (tertiary/aromatic N) is 1. The van der Waals surface area contributed by atoms with Crippen LogP contribution in [-0.4, -0.2) is 36.7 Å². The summed E-state index contributed by atoms with van der Waals surface area (Å²) in [6, 6.07) is 0. The number of rotatable bonds is 2. The zero-order valence-corrected chi connectivity index (χ0v) is 7.66. The highest BCUT2D eigenvalue weighted by Gasteiger charge is 2.27. The van der Waals surface area contributed by atoms with E-state index in [9.17, 15) is 4.79 Å². The van der Waals surface area contributed by atoms with Gasteiger partial charge in [-0.3, -0.25) is 4.48 Å². The van der Waals surface area contributed by atoms with Crippen molar-refractivity contribution >= 4 is 5.97 Å². The van der Waals surface area contributed by atoms with Gasteiger partial charge in [0, 0.05) is 0 Å². The van der Waals surface area contributed by atoms with Crippen LogP contribution in [0.2, 0.25) is 0 Å². The van der Waals surface area contributed by atoms with Gasteiger partial charge >= 0.3 is 5.97 Å². The van der Waals surface area contributed by atoms with Crippen LogP contribution in [0.1, 0.15) is 6.42 Å². The minimum atomic E-state index is -0.827. The molecule has 0 amide bonds. The molecule has 0 aromatic carbocycles. The van der Waals surface area contributed by atoms with E-state index in [-0.39, 0.29) is 0 Å². The lowest BCUT2D eigenvalue weighted by Gasteiger charge is -2.25. The maximum atomic E-state index is 10.7. The highest BCUT2D eigenvalue weighted by Crippen LogP contribution is 2.24. The van der Waals surface area contributed by atoms with Crippen molar-refractivity contribution in [2.45, 2.75) is 6.42 Å². The van der Waals surface area contributed by atoms with Gasteiger partial charge in [-0.2, -0.15) is 0 Å². The van der Waals surface area contributed by atoms with Crippen molar-refractivity contribution in [3.05, 3.63) is 23.4 Å². The van der Waals surface area contributed by atoms with Gasteiger partial charge in [-0.1, -0.05) is 6.08 Å². The fourth-order valence-electron chi connectivity index (χ4n) is 1.34. The zero-order chi connectivity index (χ0) is 9.35. The second kappa shape index (κ2) is 2.75. The molecular weight excluding hydrogens is 154 g/mol. The van der Waals surface area contributed by atoms with Gasteiger partial charge in [0.15, 0.2) is 0 Å². The first kappa shape index (κ1) is 9.00. The van der Waals surface area contributed by atoms with Crippen LogP contribution in [-0.2, 0) is 4.79 Å². The van der Waals surface area contributed by atoms with Gasteiger partial charge < -0.3 is 5.11 Å². The van der Waals surface area contributed by atoms with Gasteiger partial charge in [0.25, 0.3) is 0 Å². The van der Waals surface area contributed by atoms with Crippen LogP contribution in [0.4, 0.5) is 0 Å². The van der Waals surface area contributed by atoms with Gasteiger partial charge in [-0.15, -0.1) is 0 Å². The number of quaternary nitrogens is 1. The summed E-state index contributed by atoms with van der Waals surface area (Å²) in [5, 5.41) is 8.83. The fraction of sp³-hybridized carbons (Fsp3) is 0.444. The van der Waals surface area contributed by atoms with E-state index in [0.717, 1.165) is 12.1 Å². The van der Waals surface area contributed by atoms with Crippen molar-refractivity contribution in [1.29, 1.82) is 0 Å². The quantitative estimate of drug-likeness (QED) is 0.624. The first-order valence-electron chi connectivity index (χ1n) is 3.89. The molecule has 12 heavy (non-hydrogen) atoms. The molecule has 0 aliphatic heterocycles. The summed E-state index contributed by atoms with van der Waals surface area (Å²) in [4.78, 5) is 10.7. The first-order chi connectivity index (χ1) is 5.43. The van der Waals surface area contributed by atoms with Crippen molar-refractivity contribution in [2.24, 2.45) is 0 Å². The molecule has 0 fully saturated rings. The van der Waals surface area contributed by atoms with E-state index in [4.69, 9.17) is 5.11 Å². The number of hydrogen-bond donors (Lipinski definition) is 1. The van der Waals surface area contributed by atoms with Crippen molar-refractivity contribution in [1.82, 2.24) is 0 Å². The third kappa shape index (κ3) is 1.56. The van der Waals surface area contributed by atoms with Crippen LogP contribution in [0.25, 0.3) is 0 Å². The molecule has 0 spiro atoms. The lowest BCUT2D eigenvalue weighted by atomic mass is 10.2. The van der Waals surface area contributed by atoms with E-state index in [1.807, 2.05) is 27.2 Å². The second-order valence-electron chi connectivity index (χ2n) is 3.76. The monoisotopic (exact) mass is 168 g/mol. The van der Waals surface area contributed by atoms with E-state index >= 15 is 0 Å². The summed E-state index contributed by atoms with van der Waals surface area (Å²) in [5.41, 5.74) is 1.34. The standard InChI is InChI=1S/C9H13NO2/c1-10(2,3)8-6-4-5-7(8)9(11)12/h5-6H,4H2,1-3H3/p+1. The van der Waals surface area contributed by atoms with E-state index < -0.39 is 5.97 Å². The Hall–Kier alpha value is -1.09. The SMILES string of the molecule is C[N+](C)(C)C1=CCC=C1C(=O)O. The molecule has 0 aromatic rings. The van der Waals surface area contributed by atoms with E-state index in [0.29, 0.717) is 10.1 Å². The summed E-state index contributed by atoms with van der Waals surface area (Å²) < 4.78 is 0.568. The van der Waals surface area contributed by atoms with Crippen LogP contribution < -0.4 is 0 Å². The number of carboxylic acid groups (broad SMARTS) is 1. The highest BCUT2D eigenvalue weighted by atomic mass is 16.4. The van der Waals surface area contributed by atoms with E-state index in [2.05, 4.69) is 0 Å². The highest BCUT2D eigenvalue weighted by molar-refractivity contribution is 5.91. The van der Waals surface area contributed by atoms with Crippen LogP contribution >= 0.6 is 0 Å². The zero-order valence-electron chi connectivity index (χ0n) is 7.66. The Morgan fingerprint density at radius 1 is 1.42 bits per heavy atom. The Balaban J connectivity index is 2.96. The normalized spacial score (nSPS) is 17.2. The molecule has 0 aromatic heterocycles. The van der Waals surface area contributed by atoms with Crippen LogP contribution in [0.5, 0.6) is 0 Å². The maximum absolute atomic E-state index is 10.7. The van der Waals surface area contributed by atoms with Gasteiger partial charge in [-0.05, 0) is 12.5 Å². The second-order valence-corrected chi connectivity index (χ2v) is 3.76. The summed E-state index contributed by atoms with van der Waals surface area (Å²) in [6.45, 7) is 0. The summed E-state index contributed by atoms with van der Waals surface area (Å²) in [6.07, 6.45) is 4.46. The molecule has 0 atom stereocenters. The molecule has 1 N–H and O–H groups in total. The average molecular weight is 168 g/mol. The number of hydrogen-bond acceptors (Lipinski definition) is 1. The number of likely N-dealkylation sites (N-methyl/N-ethyl adjacent to an activating group) is 1. The van der Waals surface area contributed by atoms with Crippen LogP contribution in [0.15, 0.2) is 23.4 Å². The molecule has 0 bridgehead atoms. The molecule has 0 saturated carbocycles. The molecule has 0 saturated heterocycles. The fourth-order valence-corrected chi connectivity index (χ4v) is 1.34. The molecule has 1 aliphatic carbocycles. The number of carboxylic acids is 1. The molecule has 0 radical (unpaired) electrons. The third-order valence-electron chi connectivity index (χ3n) is 1.86. The Morgan fingerprint density at radius 2 is 2.00 bits per heavy atom. The van der Waals surface area contributed by atoms with Crippen molar-refractivity contribution in [2.75, 3.05) is 21.1 Å². The van der Waals surface area contributed by atoms with Gasteiger partial charge in [0.2, 0.25) is 0 Å². The topological polar surface area (TPSA) is 37.3 Å². The maximum Gasteiger partial charge on any atom is 0.341 e. The third-order valence-corrected chi connectivity index (χ3v) is 1.86. The summed E-state index contributed by atoms with van der Waals surface area (Å²) in [5.74, 6) is -0.827. The van der Waals surface area contributed by atoms with Crippen LogP contribution in [0, 0.1) is 0 Å². The van der Waals surface area contributed by atoms with Crippen molar-refractivity contribution in [3.63, 3.8) is 0 Å². The van der Waals surface area contributed by atoms with Crippen LogP contribution in [0.3, 0.4) is 0 Å². The molecule has 1 aliphatic rings. The molecule has 0 unspecified atom stereocenters. The van der Waals surface area contributed by atoms with Gasteiger partial charge in [-0.25, -0.2) is 4.79 Å². The Bertz CT molecular complexity index is 269.